The second-order valence-corrected chi connectivity index (χ2v) is 4.33. The van der Waals surface area contributed by atoms with E-state index in [1.165, 1.54) is 0 Å². The summed E-state index contributed by atoms with van der Waals surface area (Å²) in [7, 11) is 0. The van der Waals surface area contributed by atoms with Crippen molar-refractivity contribution in [2.45, 2.75) is 19.8 Å². The number of aryl methyl sites for hydroxylation is 1. The first-order chi connectivity index (χ1) is 9.13. The summed E-state index contributed by atoms with van der Waals surface area (Å²) >= 11 is 0. The van der Waals surface area contributed by atoms with Crippen molar-refractivity contribution >= 4 is 11.8 Å². The molecule has 0 aliphatic heterocycles. The number of amides is 2. The van der Waals surface area contributed by atoms with Gasteiger partial charge in [0.25, 0.3) is 5.91 Å². The van der Waals surface area contributed by atoms with Crippen LogP contribution in [0.2, 0.25) is 0 Å². The van der Waals surface area contributed by atoms with Gasteiger partial charge in [-0.2, -0.15) is 0 Å². The van der Waals surface area contributed by atoms with Gasteiger partial charge in [-0.1, -0.05) is 17.7 Å². The van der Waals surface area contributed by atoms with Gasteiger partial charge in [0.2, 0.25) is 5.91 Å². The molecule has 0 saturated carbocycles. The third-order valence-corrected chi connectivity index (χ3v) is 2.60. The van der Waals surface area contributed by atoms with Gasteiger partial charge >= 0.3 is 0 Å². The highest BCUT2D eigenvalue weighted by atomic mass is 16.3. The van der Waals surface area contributed by atoms with Crippen LogP contribution in [0.4, 0.5) is 0 Å². The van der Waals surface area contributed by atoms with E-state index < -0.39 is 0 Å². The average molecular weight is 264 g/mol. The van der Waals surface area contributed by atoms with Crippen LogP contribution in [0.5, 0.6) is 0 Å². The Kier molecular flexibility index (Phi) is 6.60. The summed E-state index contributed by atoms with van der Waals surface area (Å²) in [4.78, 5) is 23.2. The lowest BCUT2D eigenvalue weighted by Gasteiger charge is -2.07. The lowest BCUT2D eigenvalue weighted by atomic mass is 10.1. The number of carbonyl (C=O) groups excluding carboxylic acids is 2. The summed E-state index contributed by atoms with van der Waals surface area (Å²) < 4.78 is 0. The molecule has 19 heavy (non-hydrogen) atoms. The molecule has 0 saturated heterocycles. The van der Waals surface area contributed by atoms with Crippen molar-refractivity contribution in [2.75, 3.05) is 19.7 Å². The molecule has 0 aromatic heterocycles. The number of hydrogen-bond acceptors (Lipinski definition) is 3. The van der Waals surface area contributed by atoms with Crippen LogP contribution in [0.25, 0.3) is 0 Å². The zero-order valence-electron chi connectivity index (χ0n) is 11.1. The molecule has 5 nitrogen and oxygen atoms in total. The first-order valence-electron chi connectivity index (χ1n) is 6.36. The predicted octanol–water partition coefficient (Wildman–Crippen LogP) is 0.614. The molecule has 1 rings (SSSR count). The van der Waals surface area contributed by atoms with E-state index >= 15 is 0 Å². The standard InChI is InChI=1S/C14H20N2O3/c1-11-5-4-6-12(9-11)14(19)16-10-13(18)15-7-2-3-8-17/h4-6,9,17H,2-3,7-8,10H2,1H3,(H,15,18)(H,16,19). The van der Waals surface area contributed by atoms with Gasteiger partial charge in [0.15, 0.2) is 0 Å². The zero-order chi connectivity index (χ0) is 14.1. The third-order valence-electron chi connectivity index (χ3n) is 2.60. The van der Waals surface area contributed by atoms with Gasteiger partial charge in [0, 0.05) is 18.7 Å². The molecule has 0 spiro atoms. The minimum Gasteiger partial charge on any atom is -0.396 e. The topological polar surface area (TPSA) is 78.4 Å². The van der Waals surface area contributed by atoms with E-state index in [1.54, 1.807) is 18.2 Å². The Bertz CT molecular complexity index is 432. The maximum Gasteiger partial charge on any atom is 0.251 e. The van der Waals surface area contributed by atoms with Gasteiger partial charge in [-0.15, -0.1) is 0 Å². The first-order valence-corrected chi connectivity index (χ1v) is 6.36. The van der Waals surface area contributed by atoms with Crippen molar-refractivity contribution in [3.63, 3.8) is 0 Å². The van der Waals surface area contributed by atoms with Gasteiger partial charge in [0.05, 0.1) is 6.54 Å². The molecule has 2 amide bonds. The van der Waals surface area contributed by atoms with E-state index in [9.17, 15) is 9.59 Å². The van der Waals surface area contributed by atoms with Gasteiger partial charge in [-0.25, -0.2) is 0 Å². The molecule has 0 unspecified atom stereocenters. The molecule has 104 valence electrons. The summed E-state index contributed by atoms with van der Waals surface area (Å²) in [5.74, 6) is -0.479. The van der Waals surface area contributed by atoms with Crippen molar-refractivity contribution in [1.29, 1.82) is 0 Å². The van der Waals surface area contributed by atoms with Crippen LogP contribution in [0.15, 0.2) is 24.3 Å². The van der Waals surface area contributed by atoms with Crippen molar-refractivity contribution in [3.8, 4) is 0 Å². The van der Waals surface area contributed by atoms with Crippen molar-refractivity contribution in [1.82, 2.24) is 10.6 Å². The molecule has 0 bridgehead atoms. The number of hydrogen-bond donors (Lipinski definition) is 3. The fraction of sp³-hybridized carbons (Fsp3) is 0.429. The van der Waals surface area contributed by atoms with Gasteiger partial charge in [-0.3, -0.25) is 9.59 Å². The molecule has 0 aliphatic rings. The van der Waals surface area contributed by atoms with Crippen LogP contribution in [0, 0.1) is 6.92 Å². The maximum absolute atomic E-state index is 11.8. The molecule has 1 aromatic carbocycles. The van der Waals surface area contributed by atoms with E-state index in [4.69, 9.17) is 5.11 Å². The molecule has 5 heteroatoms. The molecule has 3 N–H and O–H groups in total. The van der Waals surface area contributed by atoms with E-state index in [1.807, 2.05) is 13.0 Å². The van der Waals surface area contributed by atoms with Crippen LogP contribution >= 0.6 is 0 Å². The zero-order valence-corrected chi connectivity index (χ0v) is 11.1. The quantitative estimate of drug-likeness (QED) is 0.631. The minimum absolute atomic E-state index is 0.0358. The Morgan fingerprint density at radius 2 is 2.00 bits per heavy atom. The van der Waals surface area contributed by atoms with E-state index in [0.29, 0.717) is 18.5 Å². The first kappa shape index (κ1) is 15.2. The van der Waals surface area contributed by atoms with Crippen molar-refractivity contribution in [3.05, 3.63) is 35.4 Å². The monoisotopic (exact) mass is 264 g/mol. The van der Waals surface area contributed by atoms with Crippen LogP contribution in [-0.2, 0) is 4.79 Å². The molecule has 0 heterocycles. The number of unbranched alkanes of at least 4 members (excludes halogenated alkanes) is 1. The predicted molar refractivity (Wildman–Crippen MR) is 72.8 cm³/mol. The Hall–Kier alpha value is -1.88. The summed E-state index contributed by atoms with van der Waals surface area (Å²) in [5, 5.41) is 13.8. The number of aliphatic hydroxyl groups excluding tert-OH is 1. The Morgan fingerprint density at radius 1 is 1.21 bits per heavy atom. The highest BCUT2D eigenvalue weighted by Crippen LogP contribution is 2.03. The molecule has 1 aromatic rings. The largest absolute Gasteiger partial charge is 0.396 e. The summed E-state index contributed by atoms with van der Waals surface area (Å²) in [6.45, 7) is 2.51. The summed E-state index contributed by atoms with van der Waals surface area (Å²) in [5.41, 5.74) is 1.55. The van der Waals surface area contributed by atoms with E-state index in [2.05, 4.69) is 10.6 Å². The fourth-order valence-electron chi connectivity index (χ4n) is 1.58. The molecule has 0 radical (unpaired) electrons. The van der Waals surface area contributed by atoms with Gasteiger partial charge in [-0.05, 0) is 31.9 Å². The average Bonchev–Trinajstić information content (AvgIpc) is 2.41. The molecule has 0 aliphatic carbocycles. The number of nitrogens with one attached hydrogen (secondary N) is 2. The number of rotatable bonds is 7. The normalized spacial score (nSPS) is 10.0. The van der Waals surface area contributed by atoms with Crippen LogP contribution in [-0.4, -0.2) is 36.6 Å². The molecular formula is C14H20N2O3. The molecule has 0 fully saturated rings. The Balaban J connectivity index is 2.28. The lowest BCUT2D eigenvalue weighted by Crippen LogP contribution is -2.37. The number of aliphatic hydroxyl groups is 1. The molecular weight excluding hydrogens is 244 g/mol. The summed E-state index contributed by atoms with van der Waals surface area (Å²) in [6, 6.07) is 7.19. The van der Waals surface area contributed by atoms with Gasteiger partial charge in [0.1, 0.15) is 0 Å². The highest BCUT2D eigenvalue weighted by Gasteiger charge is 2.07. The number of carbonyl (C=O) groups is 2. The lowest BCUT2D eigenvalue weighted by molar-refractivity contribution is -0.120. The molecule has 0 atom stereocenters. The summed E-state index contributed by atoms with van der Waals surface area (Å²) in [6.07, 6.45) is 1.39. The second kappa shape index (κ2) is 8.26. The van der Waals surface area contributed by atoms with Gasteiger partial charge < -0.3 is 15.7 Å². The van der Waals surface area contributed by atoms with E-state index in [0.717, 1.165) is 12.0 Å². The smallest absolute Gasteiger partial charge is 0.251 e. The SMILES string of the molecule is Cc1cccc(C(=O)NCC(=O)NCCCCO)c1. The Labute approximate surface area is 113 Å². The van der Waals surface area contributed by atoms with E-state index in [-0.39, 0.29) is 25.0 Å². The fourth-order valence-corrected chi connectivity index (χ4v) is 1.58. The third kappa shape index (κ3) is 6.01. The van der Waals surface area contributed by atoms with Crippen molar-refractivity contribution in [2.24, 2.45) is 0 Å². The van der Waals surface area contributed by atoms with Crippen molar-refractivity contribution < 1.29 is 14.7 Å². The number of benzene rings is 1. The highest BCUT2D eigenvalue weighted by molar-refractivity contribution is 5.96. The van der Waals surface area contributed by atoms with Crippen LogP contribution in [0.1, 0.15) is 28.8 Å². The Morgan fingerprint density at radius 3 is 2.68 bits per heavy atom. The minimum atomic E-state index is -0.255. The van der Waals surface area contributed by atoms with Crippen LogP contribution in [0.3, 0.4) is 0 Å². The second-order valence-electron chi connectivity index (χ2n) is 4.33. The maximum atomic E-state index is 11.8. The van der Waals surface area contributed by atoms with Crippen LogP contribution < -0.4 is 10.6 Å².